The van der Waals surface area contributed by atoms with Crippen LogP contribution in [0.2, 0.25) is 0 Å². The number of carboxylic acids is 1. The van der Waals surface area contributed by atoms with Gasteiger partial charge in [-0.25, -0.2) is 14.2 Å². The summed E-state index contributed by atoms with van der Waals surface area (Å²) in [6.45, 7) is 0.396. The van der Waals surface area contributed by atoms with Gasteiger partial charge in [0.15, 0.2) is 0 Å². The lowest BCUT2D eigenvalue weighted by molar-refractivity contribution is -0.158. The fourth-order valence-electron chi connectivity index (χ4n) is 5.07. The third-order valence-electron chi connectivity index (χ3n) is 7.35. The van der Waals surface area contributed by atoms with Crippen molar-refractivity contribution in [2.45, 2.75) is 43.9 Å². The second-order valence-corrected chi connectivity index (χ2v) is 10.2. The van der Waals surface area contributed by atoms with E-state index in [1.165, 1.54) is 35.2 Å². The van der Waals surface area contributed by atoms with Gasteiger partial charge >= 0.3 is 5.97 Å². The standard InChI is InChI=1S/C28H29FN6O7/c29-16-2-1-3-18-22(16)24(30)23(27(40)34-18)25-32-17-5-4-13(10-19(17)33-25)26(39)31-8-6-14(36)11-15(37)12-21(38)35-9-7-20(35)28(41)42/h1-5,10,14-15,20,36-37H,6-9,11-12H2,(H,31,39)(H,32,33)(H,41,42)(H3,30,34,40)/t14-,15-,20?/m1/s1. The number of carboxylic acid groups (broad SMARTS) is 1. The first kappa shape index (κ1) is 28.7. The maximum atomic E-state index is 14.4. The molecule has 13 nitrogen and oxygen atoms in total. The van der Waals surface area contributed by atoms with Crippen LogP contribution in [0.3, 0.4) is 0 Å². The molecule has 0 saturated carbocycles. The van der Waals surface area contributed by atoms with Gasteiger partial charge in [0.05, 0.1) is 46.3 Å². The third-order valence-corrected chi connectivity index (χ3v) is 7.35. The number of nitrogens with one attached hydrogen (secondary N) is 3. The van der Waals surface area contributed by atoms with Crippen LogP contribution in [-0.4, -0.2) is 84.3 Å². The average Bonchev–Trinajstić information content (AvgIpc) is 3.29. The smallest absolute Gasteiger partial charge is 0.326 e. The summed E-state index contributed by atoms with van der Waals surface area (Å²) in [4.78, 5) is 59.8. The van der Waals surface area contributed by atoms with Gasteiger partial charge in [-0.15, -0.1) is 0 Å². The largest absolute Gasteiger partial charge is 0.480 e. The normalized spacial score (nSPS) is 16.3. The zero-order chi connectivity index (χ0) is 30.1. The highest BCUT2D eigenvalue weighted by Crippen LogP contribution is 2.30. The molecule has 8 N–H and O–H groups in total. The van der Waals surface area contributed by atoms with Gasteiger partial charge in [-0.05, 0) is 49.6 Å². The maximum absolute atomic E-state index is 14.4. The number of rotatable bonds is 10. The zero-order valence-corrected chi connectivity index (χ0v) is 22.3. The number of aromatic amines is 2. The number of benzene rings is 2. The minimum absolute atomic E-state index is 0.0285. The number of aliphatic hydroxyl groups is 2. The number of aliphatic carboxylic acids is 1. The lowest BCUT2D eigenvalue weighted by atomic mass is 10.00. The Balaban J connectivity index is 1.18. The average molecular weight is 581 g/mol. The zero-order valence-electron chi connectivity index (χ0n) is 22.3. The number of nitrogens with two attached hydrogens (primary N) is 1. The fraction of sp³-hybridized carbons (Fsp3) is 0.321. The van der Waals surface area contributed by atoms with Crippen LogP contribution in [-0.2, 0) is 9.59 Å². The van der Waals surface area contributed by atoms with Crippen LogP contribution in [0.25, 0.3) is 33.3 Å². The number of anilines is 1. The molecular formula is C28H29FN6O7. The van der Waals surface area contributed by atoms with Crippen molar-refractivity contribution in [3.63, 3.8) is 0 Å². The van der Waals surface area contributed by atoms with Crippen molar-refractivity contribution < 1.29 is 34.1 Å². The summed E-state index contributed by atoms with van der Waals surface area (Å²) in [6.07, 6.45) is -2.10. The van der Waals surface area contributed by atoms with E-state index in [4.69, 9.17) is 10.8 Å². The van der Waals surface area contributed by atoms with E-state index in [-0.39, 0.29) is 59.3 Å². The van der Waals surface area contributed by atoms with Crippen LogP contribution < -0.4 is 16.6 Å². The van der Waals surface area contributed by atoms with Gasteiger partial charge in [-0.1, -0.05) is 6.07 Å². The highest BCUT2D eigenvalue weighted by Gasteiger charge is 2.38. The van der Waals surface area contributed by atoms with Crippen molar-refractivity contribution in [2.75, 3.05) is 18.8 Å². The number of nitrogens with zero attached hydrogens (tertiary/aromatic N) is 2. The van der Waals surface area contributed by atoms with Gasteiger partial charge in [0.2, 0.25) is 5.91 Å². The van der Waals surface area contributed by atoms with Gasteiger partial charge in [-0.2, -0.15) is 0 Å². The topological polar surface area (TPSA) is 215 Å². The summed E-state index contributed by atoms with van der Waals surface area (Å²) in [5, 5.41) is 32.2. The fourth-order valence-corrected chi connectivity index (χ4v) is 5.07. The van der Waals surface area contributed by atoms with E-state index in [9.17, 15) is 33.8 Å². The molecule has 0 radical (unpaired) electrons. The van der Waals surface area contributed by atoms with Crippen molar-refractivity contribution in [1.82, 2.24) is 25.2 Å². The summed E-state index contributed by atoms with van der Waals surface area (Å²) in [7, 11) is 0. The summed E-state index contributed by atoms with van der Waals surface area (Å²) in [5.74, 6) is -2.50. The van der Waals surface area contributed by atoms with Crippen molar-refractivity contribution in [3.8, 4) is 11.4 Å². The van der Waals surface area contributed by atoms with Crippen molar-refractivity contribution >= 4 is 45.4 Å². The quantitative estimate of drug-likeness (QED) is 0.143. The molecule has 0 aliphatic carbocycles. The van der Waals surface area contributed by atoms with Crippen LogP contribution in [0.1, 0.15) is 36.0 Å². The number of imidazole rings is 1. The number of carbonyl (C=O) groups is 3. The molecule has 1 unspecified atom stereocenters. The highest BCUT2D eigenvalue weighted by atomic mass is 19.1. The summed E-state index contributed by atoms with van der Waals surface area (Å²) in [5.41, 5.74) is 6.92. The Morgan fingerprint density at radius 2 is 1.93 bits per heavy atom. The first-order valence-corrected chi connectivity index (χ1v) is 13.3. The Labute approximate surface area is 237 Å². The molecule has 2 aromatic heterocycles. The first-order valence-electron chi connectivity index (χ1n) is 13.3. The molecule has 1 saturated heterocycles. The third kappa shape index (κ3) is 5.66. The SMILES string of the molecule is Nc1c(-c2nc3ccc(C(=O)NCC[C@@H](O)C[C@@H](O)CC(=O)N4CCC4C(=O)O)cc3[nH]2)c(=O)[nH]c2cccc(F)c12. The molecule has 42 heavy (non-hydrogen) atoms. The highest BCUT2D eigenvalue weighted by molar-refractivity contribution is 6.00. The van der Waals surface area contributed by atoms with E-state index in [2.05, 4.69) is 20.3 Å². The van der Waals surface area contributed by atoms with E-state index in [0.717, 1.165) is 0 Å². The molecule has 220 valence electrons. The molecule has 14 heteroatoms. The number of H-pyrrole nitrogens is 2. The van der Waals surface area contributed by atoms with Crippen LogP contribution in [0.4, 0.5) is 10.1 Å². The molecule has 3 heterocycles. The Hall–Kier alpha value is -4.82. The second-order valence-electron chi connectivity index (χ2n) is 10.2. The molecule has 1 fully saturated rings. The van der Waals surface area contributed by atoms with E-state index < -0.39 is 47.4 Å². The Bertz CT molecular complexity index is 1750. The Morgan fingerprint density at radius 1 is 1.14 bits per heavy atom. The first-order chi connectivity index (χ1) is 20.0. The summed E-state index contributed by atoms with van der Waals surface area (Å²) >= 11 is 0. The molecule has 0 bridgehead atoms. The molecule has 5 rings (SSSR count). The Kier molecular flexibility index (Phi) is 7.91. The van der Waals surface area contributed by atoms with Gasteiger partial charge in [0.25, 0.3) is 11.5 Å². The number of hydrogen-bond acceptors (Lipinski definition) is 8. The Morgan fingerprint density at radius 3 is 2.64 bits per heavy atom. The number of amides is 2. The van der Waals surface area contributed by atoms with E-state index in [1.54, 1.807) is 6.07 Å². The number of carbonyl (C=O) groups excluding carboxylic acids is 2. The predicted molar refractivity (Wildman–Crippen MR) is 150 cm³/mol. The minimum atomic E-state index is -1.16. The maximum Gasteiger partial charge on any atom is 0.326 e. The molecule has 4 aromatic rings. The van der Waals surface area contributed by atoms with Crippen LogP contribution in [0, 0.1) is 5.82 Å². The van der Waals surface area contributed by atoms with E-state index >= 15 is 0 Å². The number of aliphatic hydroxyl groups excluding tert-OH is 2. The van der Waals surface area contributed by atoms with Crippen LogP contribution in [0.5, 0.6) is 0 Å². The molecule has 0 spiro atoms. The predicted octanol–water partition coefficient (Wildman–Crippen LogP) is 1.10. The number of hydrogen-bond donors (Lipinski definition) is 7. The van der Waals surface area contributed by atoms with Gasteiger partial charge < -0.3 is 41.2 Å². The number of fused-ring (bicyclic) bond motifs is 2. The van der Waals surface area contributed by atoms with Crippen LogP contribution in [0.15, 0.2) is 41.2 Å². The van der Waals surface area contributed by atoms with E-state index in [0.29, 0.717) is 24.0 Å². The minimum Gasteiger partial charge on any atom is -0.480 e. The molecule has 1 aliphatic heterocycles. The van der Waals surface area contributed by atoms with Crippen molar-refractivity contribution in [2.24, 2.45) is 0 Å². The second kappa shape index (κ2) is 11.6. The summed E-state index contributed by atoms with van der Waals surface area (Å²) < 4.78 is 14.4. The van der Waals surface area contributed by atoms with Gasteiger partial charge in [0, 0.05) is 18.7 Å². The molecule has 2 aromatic carbocycles. The lowest BCUT2D eigenvalue weighted by Crippen LogP contribution is -2.55. The molecular weight excluding hydrogens is 551 g/mol. The number of nitrogen functional groups attached to an aromatic ring is 1. The van der Waals surface area contributed by atoms with Crippen molar-refractivity contribution in [1.29, 1.82) is 0 Å². The number of halogens is 1. The molecule has 1 aliphatic rings. The van der Waals surface area contributed by atoms with Gasteiger partial charge in [0.1, 0.15) is 23.2 Å². The monoisotopic (exact) mass is 580 g/mol. The van der Waals surface area contributed by atoms with Crippen molar-refractivity contribution in [3.05, 3.63) is 58.1 Å². The number of aromatic nitrogens is 3. The number of likely N-dealkylation sites (tertiary alicyclic amines) is 1. The van der Waals surface area contributed by atoms with E-state index in [1.807, 2.05) is 0 Å². The molecule has 2 amide bonds. The summed E-state index contributed by atoms with van der Waals surface area (Å²) in [6, 6.07) is 7.99. The molecule has 3 atom stereocenters. The van der Waals surface area contributed by atoms with Gasteiger partial charge in [-0.3, -0.25) is 14.4 Å². The van der Waals surface area contributed by atoms with Crippen LogP contribution >= 0.6 is 0 Å². The lowest BCUT2D eigenvalue weighted by Gasteiger charge is -2.38. The number of pyridine rings is 1.